The number of amides is 1. The van der Waals surface area contributed by atoms with Gasteiger partial charge in [0, 0.05) is 13.1 Å². The summed E-state index contributed by atoms with van der Waals surface area (Å²) in [6.45, 7) is 2.24. The minimum atomic E-state index is 0.144. The Bertz CT molecular complexity index is 579. The molecule has 4 fully saturated rings. The van der Waals surface area contributed by atoms with Gasteiger partial charge in [-0.2, -0.15) is 0 Å². The summed E-state index contributed by atoms with van der Waals surface area (Å²) in [6.07, 6.45) is 11.1. The number of carbonyl (C=O) groups excluding carboxylic acids is 1. The Morgan fingerprint density at radius 2 is 1.96 bits per heavy atom. The highest BCUT2D eigenvalue weighted by Crippen LogP contribution is 2.61. The van der Waals surface area contributed by atoms with Crippen LogP contribution in [0.3, 0.4) is 0 Å². The molecule has 0 radical (unpaired) electrons. The molecule has 1 atom stereocenters. The second-order valence-corrected chi connectivity index (χ2v) is 9.26. The second-order valence-electron chi connectivity index (χ2n) is 8.32. The van der Waals surface area contributed by atoms with Crippen molar-refractivity contribution in [1.82, 2.24) is 20.1 Å². The van der Waals surface area contributed by atoms with Crippen LogP contribution in [0.2, 0.25) is 0 Å². The van der Waals surface area contributed by atoms with E-state index >= 15 is 0 Å². The number of thioether (sulfide) groups is 1. The highest BCUT2D eigenvalue weighted by atomic mass is 32.2. The third kappa shape index (κ3) is 2.98. The van der Waals surface area contributed by atoms with Gasteiger partial charge in [0.25, 0.3) is 0 Å². The lowest BCUT2D eigenvalue weighted by atomic mass is 9.47. The molecule has 132 valence electrons. The van der Waals surface area contributed by atoms with E-state index in [4.69, 9.17) is 0 Å². The molecule has 0 unspecified atom stereocenters. The normalized spacial score (nSPS) is 35.2. The van der Waals surface area contributed by atoms with E-state index in [1.54, 1.807) is 6.33 Å². The standard InChI is InChI=1S/C18H28N4OS/c1-3-15(20-16(23)10-24-17-21-19-11-22(17)2)18-7-12-4-13(8-18)6-14(5-12)9-18/h11-15H,3-10H2,1-2H3,(H,20,23)/t12?,13?,14?,15-,18?/m1/s1. The summed E-state index contributed by atoms with van der Waals surface area (Å²) in [6, 6.07) is 0.346. The van der Waals surface area contributed by atoms with E-state index in [1.807, 2.05) is 11.6 Å². The average molecular weight is 349 g/mol. The van der Waals surface area contributed by atoms with Gasteiger partial charge in [-0.1, -0.05) is 18.7 Å². The van der Waals surface area contributed by atoms with Crippen LogP contribution < -0.4 is 5.32 Å². The Morgan fingerprint density at radius 3 is 2.46 bits per heavy atom. The monoisotopic (exact) mass is 348 g/mol. The molecule has 6 heteroatoms. The maximum absolute atomic E-state index is 12.5. The Kier molecular flexibility index (Phi) is 4.35. The third-order valence-corrected chi connectivity index (χ3v) is 7.60. The summed E-state index contributed by atoms with van der Waals surface area (Å²) in [5, 5.41) is 12.1. The minimum absolute atomic E-state index is 0.144. The number of nitrogens with one attached hydrogen (secondary N) is 1. The predicted octanol–water partition coefficient (Wildman–Crippen LogP) is 3.02. The van der Waals surface area contributed by atoms with Gasteiger partial charge in [-0.05, 0) is 68.1 Å². The molecule has 1 heterocycles. The van der Waals surface area contributed by atoms with Crippen LogP contribution >= 0.6 is 11.8 Å². The first-order chi connectivity index (χ1) is 11.6. The number of rotatable bonds is 6. The number of aryl methyl sites for hydroxylation is 1. The van der Waals surface area contributed by atoms with E-state index in [0.717, 1.165) is 29.3 Å². The summed E-state index contributed by atoms with van der Waals surface area (Å²) in [7, 11) is 1.91. The van der Waals surface area contributed by atoms with Gasteiger partial charge in [0.1, 0.15) is 6.33 Å². The van der Waals surface area contributed by atoms with E-state index < -0.39 is 0 Å². The van der Waals surface area contributed by atoms with Gasteiger partial charge >= 0.3 is 0 Å². The first-order valence-corrected chi connectivity index (χ1v) is 10.3. The number of hydrogen-bond acceptors (Lipinski definition) is 4. The fourth-order valence-corrected chi connectivity index (χ4v) is 6.76. The van der Waals surface area contributed by atoms with Gasteiger partial charge in [-0.15, -0.1) is 10.2 Å². The highest BCUT2D eigenvalue weighted by Gasteiger charge is 2.53. The van der Waals surface area contributed by atoms with Crippen LogP contribution in [0.5, 0.6) is 0 Å². The van der Waals surface area contributed by atoms with E-state index in [9.17, 15) is 4.79 Å². The van der Waals surface area contributed by atoms with Crippen molar-refractivity contribution in [1.29, 1.82) is 0 Å². The van der Waals surface area contributed by atoms with Crippen molar-refractivity contribution in [2.45, 2.75) is 63.1 Å². The van der Waals surface area contributed by atoms with Crippen molar-refractivity contribution in [3.8, 4) is 0 Å². The number of carbonyl (C=O) groups is 1. The van der Waals surface area contributed by atoms with Gasteiger partial charge in [0.15, 0.2) is 5.16 Å². The smallest absolute Gasteiger partial charge is 0.230 e. The summed E-state index contributed by atoms with van der Waals surface area (Å²) in [5.41, 5.74) is 0.384. The maximum atomic E-state index is 12.5. The average Bonchev–Trinajstić information content (AvgIpc) is 2.94. The van der Waals surface area contributed by atoms with Crippen molar-refractivity contribution in [2.75, 3.05) is 5.75 Å². The van der Waals surface area contributed by atoms with E-state index in [-0.39, 0.29) is 5.91 Å². The lowest BCUT2D eigenvalue weighted by Crippen LogP contribution is -2.57. The molecule has 0 saturated heterocycles. The SMILES string of the molecule is CC[C@@H](NC(=O)CSc1nncn1C)C12CC3CC(CC(C3)C1)C2. The number of aromatic nitrogens is 3. The zero-order chi connectivity index (χ0) is 16.7. The van der Waals surface area contributed by atoms with Crippen molar-refractivity contribution in [3.05, 3.63) is 6.33 Å². The molecule has 1 N–H and O–H groups in total. The fraction of sp³-hybridized carbons (Fsp3) is 0.833. The molecular formula is C18H28N4OS. The topological polar surface area (TPSA) is 59.8 Å². The fourth-order valence-electron chi connectivity index (χ4n) is 6.06. The molecule has 1 amide bonds. The van der Waals surface area contributed by atoms with Gasteiger partial charge in [-0.3, -0.25) is 4.79 Å². The molecule has 5 rings (SSSR count). The van der Waals surface area contributed by atoms with Crippen molar-refractivity contribution >= 4 is 17.7 Å². The van der Waals surface area contributed by atoms with Crippen LogP contribution in [-0.2, 0) is 11.8 Å². The van der Waals surface area contributed by atoms with Crippen LogP contribution in [-0.4, -0.2) is 32.5 Å². The molecule has 5 nitrogen and oxygen atoms in total. The van der Waals surface area contributed by atoms with Crippen LogP contribution in [0.15, 0.2) is 11.5 Å². The lowest BCUT2D eigenvalue weighted by Gasteiger charge is -2.59. The minimum Gasteiger partial charge on any atom is -0.352 e. The Labute approximate surface area is 148 Å². The summed E-state index contributed by atoms with van der Waals surface area (Å²) >= 11 is 1.47. The summed E-state index contributed by atoms with van der Waals surface area (Å²) < 4.78 is 1.86. The maximum Gasteiger partial charge on any atom is 0.230 e. The highest BCUT2D eigenvalue weighted by molar-refractivity contribution is 7.99. The zero-order valence-electron chi connectivity index (χ0n) is 14.7. The molecule has 1 aromatic rings. The van der Waals surface area contributed by atoms with E-state index in [2.05, 4.69) is 22.4 Å². The Morgan fingerprint density at radius 1 is 1.33 bits per heavy atom. The molecule has 4 saturated carbocycles. The molecule has 0 aromatic carbocycles. The Balaban J connectivity index is 1.39. The third-order valence-electron chi connectivity index (χ3n) is 6.57. The molecule has 4 bridgehead atoms. The van der Waals surface area contributed by atoms with E-state index in [0.29, 0.717) is 17.2 Å². The summed E-state index contributed by atoms with van der Waals surface area (Å²) in [4.78, 5) is 12.5. The number of hydrogen-bond donors (Lipinski definition) is 1. The molecule has 4 aliphatic carbocycles. The molecule has 1 aromatic heterocycles. The van der Waals surface area contributed by atoms with Crippen LogP contribution in [0.25, 0.3) is 0 Å². The quantitative estimate of drug-likeness (QED) is 0.803. The predicted molar refractivity (Wildman–Crippen MR) is 94.6 cm³/mol. The van der Waals surface area contributed by atoms with Crippen molar-refractivity contribution in [3.63, 3.8) is 0 Å². The van der Waals surface area contributed by atoms with Gasteiger partial charge in [-0.25, -0.2) is 0 Å². The molecule has 4 aliphatic rings. The van der Waals surface area contributed by atoms with Gasteiger partial charge in [0.05, 0.1) is 5.75 Å². The zero-order valence-corrected chi connectivity index (χ0v) is 15.5. The molecule has 24 heavy (non-hydrogen) atoms. The summed E-state index contributed by atoms with van der Waals surface area (Å²) in [5.74, 6) is 3.35. The van der Waals surface area contributed by atoms with Gasteiger partial charge in [0.2, 0.25) is 5.91 Å². The molecule has 0 spiro atoms. The van der Waals surface area contributed by atoms with Crippen LogP contribution in [0.1, 0.15) is 51.9 Å². The van der Waals surface area contributed by atoms with E-state index in [1.165, 1.54) is 50.3 Å². The molecular weight excluding hydrogens is 320 g/mol. The number of nitrogens with zero attached hydrogens (tertiary/aromatic N) is 3. The van der Waals surface area contributed by atoms with Crippen molar-refractivity contribution < 1.29 is 4.79 Å². The first kappa shape index (κ1) is 16.4. The van der Waals surface area contributed by atoms with Crippen LogP contribution in [0.4, 0.5) is 0 Å². The molecule has 0 aliphatic heterocycles. The van der Waals surface area contributed by atoms with Gasteiger partial charge < -0.3 is 9.88 Å². The second kappa shape index (κ2) is 6.36. The Hall–Kier alpha value is -1.04. The van der Waals surface area contributed by atoms with Crippen molar-refractivity contribution in [2.24, 2.45) is 30.2 Å². The first-order valence-electron chi connectivity index (χ1n) is 9.34. The van der Waals surface area contributed by atoms with Crippen LogP contribution in [0, 0.1) is 23.2 Å². The lowest BCUT2D eigenvalue weighted by molar-refractivity contribution is -0.124. The largest absolute Gasteiger partial charge is 0.352 e.